The third-order valence-corrected chi connectivity index (χ3v) is 3.14. The maximum absolute atomic E-state index is 5.70. The maximum Gasteiger partial charge on any atom is 0.0678 e. The summed E-state index contributed by atoms with van der Waals surface area (Å²) in [7, 11) is 0. The quantitative estimate of drug-likeness (QED) is 0.834. The van der Waals surface area contributed by atoms with Gasteiger partial charge in [-0.2, -0.15) is 0 Å². The number of morpholine rings is 1. The summed E-state index contributed by atoms with van der Waals surface area (Å²) in [6, 6.07) is 4.10. The van der Waals surface area contributed by atoms with Gasteiger partial charge in [-0.05, 0) is 41.9 Å². The molecule has 1 aromatic heterocycles. The lowest BCUT2D eigenvalue weighted by Gasteiger charge is -2.35. The summed E-state index contributed by atoms with van der Waals surface area (Å²) in [5.74, 6) is 0. The standard InChI is InChI=1S/C12H17BrN2O/c1-9-6-15(7-10(2)16-9)8-12-4-3-11(13)5-14-12/h3-5,9-10H,6-8H2,1-2H3/t9-,10+. The molecule has 0 radical (unpaired) electrons. The summed E-state index contributed by atoms with van der Waals surface area (Å²) >= 11 is 3.39. The molecule has 0 aromatic carbocycles. The van der Waals surface area contributed by atoms with Crippen molar-refractivity contribution in [2.24, 2.45) is 0 Å². The van der Waals surface area contributed by atoms with Crippen LogP contribution in [0, 0.1) is 0 Å². The van der Waals surface area contributed by atoms with E-state index in [0.717, 1.165) is 29.8 Å². The van der Waals surface area contributed by atoms with Crippen LogP contribution in [-0.4, -0.2) is 35.2 Å². The second-order valence-corrected chi connectivity index (χ2v) is 5.33. The number of aromatic nitrogens is 1. The Kier molecular flexibility index (Phi) is 3.95. The van der Waals surface area contributed by atoms with Crippen molar-refractivity contribution in [2.75, 3.05) is 13.1 Å². The normalized spacial score (nSPS) is 26.9. The smallest absolute Gasteiger partial charge is 0.0678 e. The molecular formula is C12H17BrN2O. The minimum atomic E-state index is 0.319. The van der Waals surface area contributed by atoms with Gasteiger partial charge in [-0.25, -0.2) is 0 Å². The van der Waals surface area contributed by atoms with Gasteiger partial charge in [0.25, 0.3) is 0 Å². The number of pyridine rings is 1. The average molecular weight is 285 g/mol. The van der Waals surface area contributed by atoms with Crippen molar-refractivity contribution >= 4 is 15.9 Å². The van der Waals surface area contributed by atoms with Gasteiger partial charge in [-0.1, -0.05) is 0 Å². The van der Waals surface area contributed by atoms with Crippen LogP contribution in [0.1, 0.15) is 19.5 Å². The molecule has 0 bridgehead atoms. The average Bonchev–Trinajstić information content (AvgIpc) is 2.20. The first-order valence-electron chi connectivity index (χ1n) is 5.61. The molecule has 2 heterocycles. The molecule has 0 saturated carbocycles. The Balaban J connectivity index is 1.96. The molecule has 88 valence electrons. The number of rotatable bonds is 2. The maximum atomic E-state index is 5.70. The molecule has 1 aromatic rings. The van der Waals surface area contributed by atoms with Gasteiger partial charge >= 0.3 is 0 Å². The summed E-state index contributed by atoms with van der Waals surface area (Å²) in [6.07, 6.45) is 2.49. The van der Waals surface area contributed by atoms with Gasteiger partial charge in [0, 0.05) is 30.3 Å². The molecule has 0 N–H and O–H groups in total. The Bertz CT molecular complexity index is 331. The summed E-state index contributed by atoms with van der Waals surface area (Å²) in [4.78, 5) is 6.79. The van der Waals surface area contributed by atoms with E-state index in [4.69, 9.17) is 4.74 Å². The van der Waals surface area contributed by atoms with Crippen molar-refractivity contribution < 1.29 is 4.74 Å². The van der Waals surface area contributed by atoms with E-state index in [1.807, 2.05) is 12.3 Å². The Morgan fingerprint density at radius 3 is 2.62 bits per heavy atom. The monoisotopic (exact) mass is 284 g/mol. The number of ether oxygens (including phenoxy) is 1. The van der Waals surface area contributed by atoms with Crippen LogP contribution in [0.25, 0.3) is 0 Å². The summed E-state index contributed by atoms with van der Waals surface area (Å²) in [5.41, 5.74) is 1.12. The highest BCUT2D eigenvalue weighted by Crippen LogP contribution is 2.14. The molecular weight excluding hydrogens is 268 g/mol. The van der Waals surface area contributed by atoms with Crippen LogP contribution in [0.15, 0.2) is 22.8 Å². The Morgan fingerprint density at radius 1 is 1.38 bits per heavy atom. The number of hydrogen-bond acceptors (Lipinski definition) is 3. The van der Waals surface area contributed by atoms with Crippen molar-refractivity contribution in [2.45, 2.75) is 32.6 Å². The molecule has 0 spiro atoms. The van der Waals surface area contributed by atoms with Gasteiger partial charge in [0.2, 0.25) is 0 Å². The van der Waals surface area contributed by atoms with Crippen molar-refractivity contribution in [3.05, 3.63) is 28.5 Å². The fraction of sp³-hybridized carbons (Fsp3) is 0.583. The Labute approximate surface area is 105 Å². The van der Waals surface area contributed by atoms with E-state index in [9.17, 15) is 0 Å². The van der Waals surface area contributed by atoms with Crippen LogP contribution in [0.4, 0.5) is 0 Å². The SMILES string of the molecule is C[C@@H]1CN(Cc2ccc(Br)cn2)C[C@H](C)O1. The third kappa shape index (κ3) is 3.27. The zero-order valence-corrected chi connectivity index (χ0v) is 11.3. The lowest BCUT2D eigenvalue weighted by Crippen LogP contribution is -2.44. The van der Waals surface area contributed by atoms with Crippen LogP contribution in [0.5, 0.6) is 0 Å². The second kappa shape index (κ2) is 5.25. The lowest BCUT2D eigenvalue weighted by atomic mass is 10.2. The fourth-order valence-electron chi connectivity index (χ4n) is 2.14. The molecule has 1 saturated heterocycles. The molecule has 1 fully saturated rings. The number of halogens is 1. The highest BCUT2D eigenvalue weighted by molar-refractivity contribution is 9.10. The van der Waals surface area contributed by atoms with Crippen LogP contribution in [0.3, 0.4) is 0 Å². The van der Waals surface area contributed by atoms with Gasteiger partial charge in [-0.15, -0.1) is 0 Å². The van der Waals surface area contributed by atoms with Gasteiger partial charge in [-0.3, -0.25) is 9.88 Å². The van der Waals surface area contributed by atoms with Crippen LogP contribution < -0.4 is 0 Å². The van der Waals surface area contributed by atoms with Crippen molar-refractivity contribution in [3.8, 4) is 0 Å². The molecule has 16 heavy (non-hydrogen) atoms. The highest BCUT2D eigenvalue weighted by Gasteiger charge is 2.22. The second-order valence-electron chi connectivity index (χ2n) is 4.42. The summed E-state index contributed by atoms with van der Waals surface area (Å²) in [5, 5.41) is 0. The van der Waals surface area contributed by atoms with E-state index in [0.29, 0.717) is 12.2 Å². The first-order chi connectivity index (χ1) is 7.63. The van der Waals surface area contributed by atoms with E-state index in [2.05, 4.69) is 45.7 Å². The van der Waals surface area contributed by atoms with Gasteiger partial charge in [0.15, 0.2) is 0 Å². The van der Waals surface area contributed by atoms with E-state index in [1.54, 1.807) is 0 Å². The van der Waals surface area contributed by atoms with Crippen LogP contribution in [-0.2, 0) is 11.3 Å². The Hall–Kier alpha value is -0.450. The topological polar surface area (TPSA) is 25.4 Å². The van der Waals surface area contributed by atoms with Crippen molar-refractivity contribution in [3.63, 3.8) is 0 Å². The molecule has 0 unspecified atom stereocenters. The number of hydrogen-bond donors (Lipinski definition) is 0. The van der Waals surface area contributed by atoms with Gasteiger partial charge < -0.3 is 4.74 Å². The van der Waals surface area contributed by atoms with Gasteiger partial charge in [0.05, 0.1) is 17.9 Å². The minimum Gasteiger partial charge on any atom is -0.373 e. The zero-order chi connectivity index (χ0) is 11.5. The molecule has 1 aliphatic rings. The Morgan fingerprint density at radius 2 is 2.06 bits per heavy atom. The molecule has 2 rings (SSSR count). The van der Waals surface area contributed by atoms with E-state index in [-0.39, 0.29) is 0 Å². The molecule has 2 atom stereocenters. The minimum absolute atomic E-state index is 0.319. The van der Waals surface area contributed by atoms with E-state index < -0.39 is 0 Å². The van der Waals surface area contributed by atoms with Crippen LogP contribution in [0.2, 0.25) is 0 Å². The van der Waals surface area contributed by atoms with E-state index >= 15 is 0 Å². The molecule has 4 heteroatoms. The first-order valence-corrected chi connectivity index (χ1v) is 6.41. The van der Waals surface area contributed by atoms with Gasteiger partial charge in [0.1, 0.15) is 0 Å². The molecule has 0 aliphatic carbocycles. The summed E-state index contributed by atoms with van der Waals surface area (Å²) < 4.78 is 6.73. The fourth-order valence-corrected chi connectivity index (χ4v) is 2.38. The molecule has 0 amide bonds. The first kappa shape index (κ1) is 12.0. The summed E-state index contributed by atoms with van der Waals surface area (Å²) in [6.45, 7) is 7.13. The lowest BCUT2D eigenvalue weighted by molar-refractivity contribution is -0.0707. The van der Waals surface area contributed by atoms with Crippen molar-refractivity contribution in [1.82, 2.24) is 9.88 Å². The molecule has 3 nitrogen and oxygen atoms in total. The predicted molar refractivity (Wildman–Crippen MR) is 67.2 cm³/mol. The predicted octanol–water partition coefficient (Wildman–Crippen LogP) is 2.45. The van der Waals surface area contributed by atoms with Crippen LogP contribution >= 0.6 is 15.9 Å². The third-order valence-electron chi connectivity index (χ3n) is 2.67. The number of nitrogens with zero attached hydrogens (tertiary/aromatic N) is 2. The highest BCUT2D eigenvalue weighted by atomic mass is 79.9. The zero-order valence-electron chi connectivity index (χ0n) is 9.69. The van der Waals surface area contributed by atoms with Crippen molar-refractivity contribution in [1.29, 1.82) is 0 Å². The largest absolute Gasteiger partial charge is 0.373 e. The van der Waals surface area contributed by atoms with E-state index in [1.165, 1.54) is 0 Å². The molecule has 1 aliphatic heterocycles.